The number of benzene rings is 2. The van der Waals surface area contributed by atoms with Crippen molar-refractivity contribution >= 4 is 17.8 Å². The molecule has 26 heavy (non-hydrogen) atoms. The van der Waals surface area contributed by atoms with Crippen LogP contribution in [0, 0.1) is 5.92 Å². The molecule has 6 nitrogen and oxygen atoms in total. The van der Waals surface area contributed by atoms with Gasteiger partial charge in [0.2, 0.25) is 0 Å². The van der Waals surface area contributed by atoms with Crippen LogP contribution in [0.3, 0.4) is 0 Å². The number of methoxy groups -OCH3 is 1. The second-order valence-corrected chi connectivity index (χ2v) is 6.26. The zero-order valence-corrected chi connectivity index (χ0v) is 15.4. The van der Waals surface area contributed by atoms with Gasteiger partial charge in [0.25, 0.3) is 5.91 Å². The van der Waals surface area contributed by atoms with E-state index in [1.54, 1.807) is 37.6 Å². The molecule has 0 atom stereocenters. The van der Waals surface area contributed by atoms with Gasteiger partial charge < -0.3 is 15.2 Å². The van der Waals surface area contributed by atoms with Gasteiger partial charge in [0, 0.05) is 11.3 Å². The molecule has 138 valence electrons. The number of anilines is 1. The first-order valence-corrected chi connectivity index (χ1v) is 8.49. The third kappa shape index (κ3) is 5.81. The maximum absolute atomic E-state index is 12.0. The smallest absolute Gasteiger partial charge is 0.271 e. The van der Waals surface area contributed by atoms with Gasteiger partial charge in [0.15, 0.2) is 11.5 Å². The van der Waals surface area contributed by atoms with Crippen molar-refractivity contribution < 1.29 is 14.3 Å². The fraction of sp³-hybridized carbons (Fsp3) is 0.300. The van der Waals surface area contributed by atoms with Gasteiger partial charge >= 0.3 is 0 Å². The molecule has 0 radical (unpaired) electrons. The van der Waals surface area contributed by atoms with Crippen LogP contribution in [0.1, 0.15) is 36.2 Å². The number of hydrogen-bond donors (Lipinski definition) is 2. The topological polar surface area (TPSA) is 85.9 Å². The number of carbonyl (C=O) groups excluding carboxylic acids is 1. The highest BCUT2D eigenvalue weighted by Crippen LogP contribution is 2.27. The zero-order valence-electron chi connectivity index (χ0n) is 15.4. The van der Waals surface area contributed by atoms with Gasteiger partial charge in [-0.25, -0.2) is 5.43 Å². The quantitative estimate of drug-likeness (QED) is 0.431. The Morgan fingerprint density at radius 1 is 1.19 bits per heavy atom. The maximum atomic E-state index is 12.0. The average molecular weight is 355 g/mol. The van der Waals surface area contributed by atoms with E-state index in [4.69, 9.17) is 15.2 Å². The summed E-state index contributed by atoms with van der Waals surface area (Å²) < 4.78 is 11.1. The van der Waals surface area contributed by atoms with Crippen molar-refractivity contribution in [2.24, 2.45) is 11.0 Å². The number of carbonyl (C=O) groups is 1. The monoisotopic (exact) mass is 355 g/mol. The van der Waals surface area contributed by atoms with Crippen LogP contribution in [0.2, 0.25) is 0 Å². The van der Waals surface area contributed by atoms with E-state index in [1.807, 2.05) is 18.2 Å². The number of nitrogens with zero attached hydrogens (tertiary/aromatic N) is 1. The maximum Gasteiger partial charge on any atom is 0.271 e. The SMILES string of the molecule is COc1cc(/C=N\NC(=O)c2ccc(N)cc2)ccc1OCCC(C)C. The normalized spacial score (nSPS) is 10.9. The van der Waals surface area contributed by atoms with Gasteiger partial charge in [-0.15, -0.1) is 0 Å². The van der Waals surface area contributed by atoms with Crippen LogP contribution in [0.15, 0.2) is 47.6 Å². The highest BCUT2D eigenvalue weighted by atomic mass is 16.5. The summed E-state index contributed by atoms with van der Waals surface area (Å²) in [6, 6.07) is 12.1. The van der Waals surface area contributed by atoms with Crippen molar-refractivity contribution in [1.29, 1.82) is 0 Å². The molecule has 0 aliphatic carbocycles. The van der Waals surface area contributed by atoms with Crippen molar-refractivity contribution in [3.8, 4) is 11.5 Å². The third-order valence-corrected chi connectivity index (χ3v) is 3.69. The predicted molar refractivity (Wildman–Crippen MR) is 104 cm³/mol. The molecule has 2 aromatic carbocycles. The summed E-state index contributed by atoms with van der Waals surface area (Å²) in [5, 5.41) is 3.98. The second kappa shape index (κ2) is 9.46. The van der Waals surface area contributed by atoms with E-state index in [9.17, 15) is 4.79 Å². The van der Waals surface area contributed by atoms with E-state index in [2.05, 4.69) is 24.4 Å². The average Bonchev–Trinajstić information content (AvgIpc) is 2.62. The Kier molecular flexibility index (Phi) is 7.02. The summed E-state index contributed by atoms with van der Waals surface area (Å²) in [5.74, 6) is 1.60. The Labute approximate surface area is 154 Å². The number of nitrogens with one attached hydrogen (secondary N) is 1. The third-order valence-electron chi connectivity index (χ3n) is 3.69. The van der Waals surface area contributed by atoms with Crippen LogP contribution < -0.4 is 20.6 Å². The molecular weight excluding hydrogens is 330 g/mol. The molecule has 0 saturated carbocycles. The molecule has 0 saturated heterocycles. The van der Waals surface area contributed by atoms with Crippen molar-refractivity contribution in [2.45, 2.75) is 20.3 Å². The van der Waals surface area contributed by atoms with Crippen molar-refractivity contribution in [2.75, 3.05) is 19.5 Å². The summed E-state index contributed by atoms with van der Waals surface area (Å²) in [6.07, 6.45) is 2.53. The molecule has 3 N–H and O–H groups in total. The lowest BCUT2D eigenvalue weighted by molar-refractivity contribution is 0.0955. The van der Waals surface area contributed by atoms with Crippen LogP contribution in [0.4, 0.5) is 5.69 Å². The molecule has 2 rings (SSSR count). The minimum atomic E-state index is -0.304. The molecule has 0 aromatic heterocycles. The Bertz CT molecular complexity index is 755. The minimum absolute atomic E-state index is 0.304. The number of nitrogens with two attached hydrogens (primary N) is 1. The summed E-state index contributed by atoms with van der Waals surface area (Å²) >= 11 is 0. The lowest BCUT2D eigenvalue weighted by atomic mass is 10.1. The van der Waals surface area contributed by atoms with E-state index in [-0.39, 0.29) is 5.91 Å². The molecule has 6 heteroatoms. The standard InChI is InChI=1S/C20H25N3O3/c1-14(2)10-11-26-18-9-4-15(12-19(18)25-3)13-22-23-20(24)16-5-7-17(21)8-6-16/h4-9,12-14H,10-11,21H2,1-3H3,(H,23,24)/b22-13-. The number of nitrogen functional groups attached to an aromatic ring is 1. The largest absolute Gasteiger partial charge is 0.493 e. The molecular formula is C20H25N3O3. The van der Waals surface area contributed by atoms with Crippen LogP contribution in [0.25, 0.3) is 0 Å². The van der Waals surface area contributed by atoms with Crippen LogP contribution in [-0.2, 0) is 0 Å². The van der Waals surface area contributed by atoms with Gasteiger partial charge in [0.1, 0.15) is 0 Å². The van der Waals surface area contributed by atoms with Crippen molar-refractivity contribution in [3.63, 3.8) is 0 Å². The minimum Gasteiger partial charge on any atom is -0.493 e. The molecule has 1 amide bonds. The Hall–Kier alpha value is -3.02. The molecule has 0 spiro atoms. The van der Waals surface area contributed by atoms with Gasteiger partial charge in [-0.2, -0.15) is 5.10 Å². The number of hydrazone groups is 1. The summed E-state index contributed by atoms with van der Waals surface area (Å²) in [4.78, 5) is 12.0. The molecule has 2 aromatic rings. The van der Waals surface area contributed by atoms with Gasteiger partial charge in [0.05, 0.1) is 19.9 Å². The Balaban J connectivity index is 1.96. The fourth-order valence-electron chi connectivity index (χ4n) is 2.15. The second-order valence-electron chi connectivity index (χ2n) is 6.26. The van der Waals surface area contributed by atoms with Crippen molar-refractivity contribution in [1.82, 2.24) is 5.43 Å². The van der Waals surface area contributed by atoms with E-state index in [1.165, 1.54) is 0 Å². The first-order valence-electron chi connectivity index (χ1n) is 8.49. The molecule has 0 unspecified atom stereocenters. The summed E-state index contributed by atoms with van der Waals surface area (Å²) in [7, 11) is 1.59. The lowest BCUT2D eigenvalue weighted by Gasteiger charge is -2.12. The van der Waals surface area contributed by atoms with Gasteiger partial charge in [-0.05, 0) is 60.4 Å². The highest BCUT2D eigenvalue weighted by Gasteiger charge is 2.06. The number of rotatable bonds is 8. The Morgan fingerprint density at radius 3 is 2.58 bits per heavy atom. The molecule has 0 aliphatic rings. The molecule has 0 heterocycles. The number of ether oxygens (including phenoxy) is 2. The number of amides is 1. The van der Waals surface area contributed by atoms with E-state index in [0.29, 0.717) is 35.3 Å². The molecule has 0 fully saturated rings. The first kappa shape index (κ1) is 19.3. The number of hydrogen-bond acceptors (Lipinski definition) is 5. The van der Waals surface area contributed by atoms with Crippen LogP contribution >= 0.6 is 0 Å². The first-order chi connectivity index (χ1) is 12.5. The molecule has 0 aliphatic heterocycles. The summed E-state index contributed by atoms with van der Waals surface area (Å²) in [5.41, 5.74) is 9.97. The lowest BCUT2D eigenvalue weighted by Crippen LogP contribution is -2.17. The Morgan fingerprint density at radius 2 is 1.92 bits per heavy atom. The summed E-state index contributed by atoms with van der Waals surface area (Å²) in [6.45, 7) is 4.94. The predicted octanol–water partition coefficient (Wildman–Crippen LogP) is 3.47. The van der Waals surface area contributed by atoms with Crippen LogP contribution in [0.5, 0.6) is 11.5 Å². The van der Waals surface area contributed by atoms with E-state index < -0.39 is 0 Å². The van der Waals surface area contributed by atoms with Gasteiger partial charge in [-0.1, -0.05) is 13.8 Å². The van der Waals surface area contributed by atoms with Crippen molar-refractivity contribution in [3.05, 3.63) is 53.6 Å². The zero-order chi connectivity index (χ0) is 18.9. The van der Waals surface area contributed by atoms with E-state index >= 15 is 0 Å². The van der Waals surface area contributed by atoms with Gasteiger partial charge in [-0.3, -0.25) is 4.79 Å². The highest BCUT2D eigenvalue weighted by molar-refractivity contribution is 5.95. The fourth-order valence-corrected chi connectivity index (χ4v) is 2.15. The van der Waals surface area contributed by atoms with Crippen LogP contribution in [-0.4, -0.2) is 25.8 Å². The van der Waals surface area contributed by atoms with E-state index in [0.717, 1.165) is 12.0 Å². The molecule has 0 bridgehead atoms.